The van der Waals surface area contributed by atoms with E-state index in [1.807, 2.05) is 30.3 Å². The van der Waals surface area contributed by atoms with Crippen LogP contribution in [-0.4, -0.2) is 40.6 Å². The highest BCUT2D eigenvalue weighted by Gasteiger charge is 2.24. The molecule has 1 saturated carbocycles. The number of para-hydroxylation sites is 1. The van der Waals surface area contributed by atoms with Crippen LogP contribution in [0.4, 0.5) is 0 Å². The lowest BCUT2D eigenvalue weighted by Crippen LogP contribution is -2.51. The average molecular weight is 369 g/mol. The molecule has 0 radical (unpaired) electrons. The zero-order valence-corrected chi connectivity index (χ0v) is 15.5. The average Bonchev–Trinajstić information content (AvgIpc) is 2.67. The normalized spacial score (nSPS) is 16.9. The molecule has 3 N–H and O–H groups in total. The Bertz CT molecular complexity index is 785. The van der Waals surface area contributed by atoms with Crippen molar-refractivity contribution in [2.45, 2.75) is 57.0 Å². The Hall–Kier alpha value is -2.47. The standard InChI is InChI=1S/C21H27N3O3/c25-14-19(21(27)22-16-9-4-2-1-3-5-10-16)24-20(26)18-13-12-15-8-6-7-11-17(15)23-18/h6-8,11-13,16,19,25H,1-5,9-10,14H2,(H,22,27)(H,24,26)/t19-/m0/s1. The van der Waals surface area contributed by atoms with E-state index < -0.39 is 18.6 Å². The van der Waals surface area contributed by atoms with Gasteiger partial charge in [-0.05, 0) is 25.0 Å². The SMILES string of the molecule is O=C(N[C@@H](CO)C(=O)NC1CCCCCCC1)c1ccc2ccccc2n1. The molecule has 3 rings (SSSR count). The van der Waals surface area contributed by atoms with Gasteiger partial charge in [-0.15, -0.1) is 0 Å². The molecule has 2 amide bonds. The van der Waals surface area contributed by atoms with Gasteiger partial charge in [-0.2, -0.15) is 0 Å². The number of aromatic nitrogens is 1. The first-order chi connectivity index (χ1) is 13.2. The van der Waals surface area contributed by atoms with E-state index in [2.05, 4.69) is 15.6 Å². The second kappa shape index (κ2) is 9.46. The van der Waals surface area contributed by atoms with E-state index in [1.54, 1.807) is 6.07 Å². The number of nitrogens with zero attached hydrogens (tertiary/aromatic N) is 1. The van der Waals surface area contributed by atoms with Crippen molar-refractivity contribution in [3.63, 3.8) is 0 Å². The van der Waals surface area contributed by atoms with Gasteiger partial charge in [-0.1, -0.05) is 56.4 Å². The molecule has 0 unspecified atom stereocenters. The van der Waals surface area contributed by atoms with Crippen LogP contribution in [0.25, 0.3) is 10.9 Å². The Morgan fingerprint density at radius 2 is 1.74 bits per heavy atom. The second-order valence-corrected chi connectivity index (χ2v) is 7.15. The van der Waals surface area contributed by atoms with Gasteiger partial charge in [0.2, 0.25) is 5.91 Å². The lowest BCUT2D eigenvalue weighted by molar-refractivity contribution is -0.124. The van der Waals surface area contributed by atoms with Crippen LogP contribution in [0.3, 0.4) is 0 Å². The predicted molar refractivity (Wildman–Crippen MR) is 104 cm³/mol. The maximum Gasteiger partial charge on any atom is 0.270 e. The molecule has 0 spiro atoms. The molecular formula is C21H27N3O3. The highest BCUT2D eigenvalue weighted by atomic mass is 16.3. The Kier molecular flexibility index (Phi) is 6.76. The Balaban J connectivity index is 1.62. The van der Waals surface area contributed by atoms with Crippen LogP contribution < -0.4 is 10.6 Å². The molecule has 144 valence electrons. The lowest BCUT2D eigenvalue weighted by Gasteiger charge is -2.24. The number of aliphatic hydroxyl groups is 1. The Morgan fingerprint density at radius 3 is 2.48 bits per heavy atom. The minimum absolute atomic E-state index is 0.113. The van der Waals surface area contributed by atoms with E-state index in [0.717, 1.165) is 31.1 Å². The summed E-state index contributed by atoms with van der Waals surface area (Å²) in [6, 6.07) is 10.1. The summed E-state index contributed by atoms with van der Waals surface area (Å²) < 4.78 is 0. The molecule has 1 aromatic heterocycles. The van der Waals surface area contributed by atoms with Crippen LogP contribution in [0.5, 0.6) is 0 Å². The number of fused-ring (bicyclic) bond motifs is 1. The second-order valence-electron chi connectivity index (χ2n) is 7.15. The Morgan fingerprint density at radius 1 is 1.04 bits per heavy atom. The monoisotopic (exact) mass is 369 g/mol. The maximum absolute atomic E-state index is 12.5. The molecule has 1 heterocycles. The summed E-state index contributed by atoms with van der Waals surface area (Å²) >= 11 is 0. The minimum atomic E-state index is -0.976. The lowest BCUT2D eigenvalue weighted by atomic mass is 9.96. The van der Waals surface area contributed by atoms with Crippen molar-refractivity contribution < 1.29 is 14.7 Å². The van der Waals surface area contributed by atoms with Gasteiger partial charge in [-0.25, -0.2) is 4.98 Å². The fourth-order valence-corrected chi connectivity index (χ4v) is 3.52. The first-order valence-electron chi connectivity index (χ1n) is 9.75. The van der Waals surface area contributed by atoms with Crippen molar-refractivity contribution >= 4 is 22.7 Å². The van der Waals surface area contributed by atoms with Crippen molar-refractivity contribution in [2.24, 2.45) is 0 Å². The van der Waals surface area contributed by atoms with Crippen molar-refractivity contribution in [3.05, 3.63) is 42.1 Å². The predicted octanol–water partition coefficient (Wildman–Crippen LogP) is 2.55. The zero-order valence-electron chi connectivity index (χ0n) is 15.5. The highest BCUT2D eigenvalue weighted by Crippen LogP contribution is 2.17. The number of hydrogen-bond donors (Lipinski definition) is 3. The van der Waals surface area contributed by atoms with Gasteiger partial charge in [0.05, 0.1) is 12.1 Å². The molecule has 27 heavy (non-hydrogen) atoms. The first kappa shape index (κ1) is 19.3. The minimum Gasteiger partial charge on any atom is -0.394 e. The molecule has 0 bridgehead atoms. The third-order valence-corrected chi connectivity index (χ3v) is 5.09. The van der Waals surface area contributed by atoms with E-state index in [9.17, 15) is 14.7 Å². The Labute approximate surface area is 159 Å². The van der Waals surface area contributed by atoms with Gasteiger partial charge in [0.1, 0.15) is 11.7 Å². The molecule has 2 aromatic rings. The number of hydrogen-bond acceptors (Lipinski definition) is 4. The fraction of sp³-hybridized carbons (Fsp3) is 0.476. The summed E-state index contributed by atoms with van der Waals surface area (Å²) in [6.07, 6.45) is 7.74. The molecule has 1 aromatic carbocycles. The summed E-state index contributed by atoms with van der Waals surface area (Å²) in [5.41, 5.74) is 0.940. The van der Waals surface area contributed by atoms with E-state index in [1.165, 1.54) is 19.3 Å². The number of carbonyl (C=O) groups is 2. The van der Waals surface area contributed by atoms with Crippen LogP contribution in [0.2, 0.25) is 0 Å². The molecule has 6 heteroatoms. The molecular weight excluding hydrogens is 342 g/mol. The smallest absolute Gasteiger partial charge is 0.270 e. The number of benzene rings is 1. The molecule has 6 nitrogen and oxygen atoms in total. The van der Waals surface area contributed by atoms with Gasteiger partial charge in [0.25, 0.3) is 5.91 Å². The molecule has 0 aliphatic heterocycles. The van der Waals surface area contributed by atoms with Crippen LogP contribution in [0.1, 0.15) is 55.4 Å². The van der Waals surface area contributed by atoms with E-state index in [-0.39, 0.29) is 17.6 Å². The largest absolute Gasteiger partial charge is 0.394 e. The number of amides is 2. The number of aliphatic hydroxyl groups excluding tert-OH is 1. The van der Waals surface area contributed by atoms with Crippen LogP contribution >= 0.6 is 0 Å². The van der Waals surface area contributed by atoms with Gasteiger partial charge in [0, 0.05) is 11.4 Å². The zero-order chi connectivity index (χ0) is 19.1. The number of carbonyl (C=O) groups excluding carboxylic acids is 2. The number of rotatable bonds is 5. The molecule has 1 aliphatic carbocycles. The maximum atomic E-state index is 12.5. The number of nitrogens with one attached hydrogen (secondary N) is 2. The van der Waals surface area contributed by atoms with E-state index >= 15 is 0 Å². The summed E-state index contributed by atoms with van der Waals surface area (Å²) in [4.78, 5) is 29.3. The van der Waals surface area contributed by atoms with Crippen LogP contribution in [-0.2, 0) is 4.79 Å². The summed E-state index contributed by atoms with van der Waals surface area (Å²) in [7, 11) is 0. The van der Waals surface area contributed by atoms with E-state index in [4.69, 9.17) is 0 Å². The quantitative estimate of drug-likeness (QED) is 0.755. The van der Waals surface area contributed by atoms with Gasteiger partial charge >= 0.3 is 0 Å². The summed E-state index contributed by atoms with van der Waals surface area (Å²) in [5.74, 6) is -0.801. The van der Waals surface area contributed by atoms with Crippen LogP contribution in [0, 0.1) is 0 Å². The van der Waals surface area contributed by atoms with Gasteiger partial charge in [0.15, 0.2) is 0 Å². The third kappa shape index (κ3) is 5.26. The molecule has 1 atom stereocenters. The summed E-state index contributed by atoms with van der Waals surface area (Å²) in [5, 5.41) is 16.1. The van der Waals surface area contributed by atoms with Gasteiger partial charge < -0.3 is 15.7 Å². The van der Waals surface area contributed by atoms with Crippen LogP contribution in [0.15, 0.2) is 36.4 Å². The van der Waals surface area contributed by atoms with Gasteiger partial charge in [-0.3, -0.25) is 9.59 Å². The highest BCUT2D eigenvalue weighted by molar-refractivity contribution is 5.97. The van der Waals surface area contributed by atoms with Crippen molar-refractivity contribution in [1.29, 1.82) is 0 Å². The fourth-order valence-electron chi connectivity index (χ4n) is 3.52. The van der Waals surface area contributed by atoms with Crippen molar-refractivity contribution in [1.82, 2.24) is 15.6 Å². The van der Waals surface area contributed by atoms with Crippen molar-refractivity contribution in [2.75, 3.05) is 6.61 Å². The first-order valence-corrected chi connectivity index (χ1v) is 9.75. The van der Waals surface area contributed by atoms with E-state index in [0.29, 0.717) is 5.52 Å². The summed E-state index contributed by atoms with van der Waals surface area (Å²) in [6.45, 7) is -0.447. The van der Waals surface area contributed by atoms with Crippen molar-refractivity contribution in [3.8, 4) is 0 Å². The molecule has 1 aliphatic rings. The third-order valence-electron chi connectivity index (χ3n) is 5.09. The molecule has 1 fully saturated rings. The number of pyridine rings is 1. The topological polar surface area (TPSA) is 91.3 Å². The molecule has 0 saturated heterocycles.